The van der Waals surface area contributed by atoms with Crippen LogP contribution in [0.3, 0.4) is 0 Å². The predicted molar refractivity (Wildman–Crippen MR) is 108 cm³/mol. The molecule has 0 saturated carbocycles. The number of non-ortho nitro benzene ring substituents is 1. The highest BCUT2D eigenvalue weighted by Crippen LogP contribution is 2.29. The van der Waals surface area contributed by atoms with Gasteiger partial charge in [0, 0.05) is 44.4 Å². The zero-order valence-electron chi connectivity index (χ0n) is 16.5. The lowest BCUT2D eigenvalue weighted by molar-refractivity contribution is -0.384. The first-order chi connectivity index (χ1) is 14.4. The summed E-state index contributed by atoms with van der Waals surface area (Å²) in [6, 6.07) is 10.1. The van der Waals surface area contributed by atoms with Crippen LogP contribution in [-0.4, -0.2) is 48.4 Å². The first kappa shape index (κ1) is 21.2. The first-order valence-corrected chi connectivity index (χ1v) is 9.54. The molecule has 1 fully saturated rings. The number of benzene rings is 2. The van der Waals surface area contributed by atoms with E-state index in [1.54, 1.807) is 18.2 Å². The standard InChI is InChI=1S/C21H22FN3O5/c1-23(13-15-6-2-3-7-18(15)22)20(26)14-30-21(27)17-12-16(25(28)29)8-9-19(17)24-10-4-5-11-24/h2-3,6-9,12H,4-5,10-11,13-14H2,1H3. The van der Waals surface area contributed by atoms with E-state index >= 15 is 0 Å². The summed E-state index contributed by atoms with van der Waals surface area (Å²) in [6.45, 7) is 0.954. The van der Waals surface area contributed by atoms with Gasteiger partial charge < -0.3 is 14.5 Å². The number of esters is 1. The van der Waals surface area contributed by atoms with E-state index < -0.39 is 29.2 Å². The number of halogens is 1. The summed E-state index contributed by atoms with van der Waals surface area (Å²) in [6.07, 6.45) is 1.93. The van der Waals surface area contributed by atoms with Crippen molar-refractivity contribution < 1.29 is 23.6 Å². The van der Waals surface area contributed by atoms with Crippen molar-refractivity contribution in [3.8, 4) is 0 Å². The van der Waals surface area contributed by atoms with Crippen molar-refractivity contribution >= 4 is 23.3 Å². The predicted octanol–water partition coefficient (Wildman–Crippen LogP) is 3.15. The van der Waals surface area contributed by atoms with Gasteiger partial charge in [0.25, 0.3) is 11.6 Å². The molecule has 1 amide bonds. The average molecular weight is 415 g/mol. The van der Waals surface area contributed by atoms with Gasteiger partial charge in [-0.05, 0) is 25.0 Å². The van der Waals surface area contributed by atoms with E-state index in [0.717, 1.165) is 25.9 Å². The van der Waals surface area contributed by atoms with E-state index in [1.807, 2.05) is 4.90 Å². The Morgan fingerprint density at radius 3 is 2.57 bits per heavy atom. The number of nitro groups is 1. The topological polar surface area (TPSA) is 93.0 Å². The van der Waals surface area contributed by atoms with E-state index in [2.05, 4.69) is 0 Å². The third kappa shape index (κ3) is 4.91. The van der Waals surface area contributed by atoms with E-state index in [0.29, 0.717) is 11.3 Å². The molecule has 30 heavy (non-hydrogen) atoms. The molecule has 1 aliphatic rings. The van der Waals surface area contributed by atoms with Crippen LogP contribution in [0.1, 0.15) is 28.8 Å². The monoisotopic (exact) mass is 415 g/mol. The lowest BCUT2D eigenvalue weighted by atomic mass is 10.1. The summed E-state index contributed by atoms with van der Waals surface area (Å²) < 4.78 is 18.9. The molecule has 8 nitrogen and oxygen atoms in total. The molecule has 0 N–H and O–H groups in total. The second-order valence-corrected chi connectivity index (χ2v) is 7.07. The Kier molecular flexibility index (Phi) is 6.61. The van der Waals surface area contributed by atoms with Gasteiger partial charge in [-0.1, -0.05) is 18.2 Å². The van der Waals surface area contributed by atoms with Gasteiger partial charge in [0.05, 0.1) is 16.2 Å². The fourth-order valence-electron chi connectivity index (χ4n) is 3.32. The summed E-state index contributed by atoms with van der Waals surface area (Å²) in [5.74, 6) is -1.76. The molecule has 1 saturated heterocycles. The largest absolute Gasteiger partial charge is 0.452 e. The number of likely N-dealkylation sites (N-methyl/N-ethyl adjacent to an activating group) is 1. The minimum absolute atomic E-state index is 0.0267. The molecule has 2 aromatic carbocycles. The Labute approximate surface area is 173 Å². The number of carbonyl (C=O) groups is 2. The van der Waals surface area contributed by atoms with Crippen molar-refractivity contribution in [2.24, 2.45) is 0 Å². The van der Waals surface area contributed by atoms with Gasteiger partial charge in [0.2, 0.25) is 0 Å². The lowest BCUT2D eigenvalue weighted by Crippen LogP contribution is -2.31. The smallest absolute Gasteiger partial charge is 0.341 e. The fourth-order valence-corrected chi connectivity index (χ4v) is 3.32. The number of rotatable bonds is 7. The highest BCUT2D eigenvalue weighted by atomic mass is 19.1. The zero-order chi connectivity index (χ0) is 21.7. The third-order valence-corrected chi connectivity index (χ3v) is 4.98. The molecule has 0 spiro atoms. The number of nitro benzene ring substituents is 1. The Morgan fingerprint density at radius 1 is 1.20 bits per heavy atom. The van der Waals surface area contributed by atoms with E-state index in [4.69, 9.17) is 4.74 Å². The molecular formula is C21H22FN3O5. The molecule has 1 heterocycles. The van der Waals surface area contributed by atoms with Crippen molar-refractivity contribution in [1.82, 2.24) is 4.90 Å². The molecular weight excluding hydrogens is 393 g/mol. The number of nitrogens with zero attached hydrogens (tertiary/aromatic N) is 3. The van der Waals surface area contributed by atoms with Crippen molar-refractivity contribution in [3.05, 3.63) is 69.5 Å². The molecule has 0 aromatic heterocycles. The number of hydrogen-bond acceptors (Lipinski definition) is 6. The highest BCUT2D eigenvalue weighted by molar-refractivity contribution is 5.97. The van der Waals surface area contributed by atoms with Crippen LogP contribution in [0.2, 0.25) is 0 Å². The highest BCUT2D eigenvalue weighted by Gasteiger charge is 2.24. The fraction of sp³-hybridized carbons (Fsp3) is 0.333. The molecule has 3 rings (SSSR count). The van der Waals surface area contributed by atoms with Gasteiger partial charge in [-0.15, -0.1) is 0 Å². The normalized spacial score (nSPS) is 13.2. The van der Waals surface area contributed by atoms with E-state index in [-0.39, 0.29) is 17.8 Å². The number of hydrogen-bond donors (Lipinski definition) is 0. The zero-order valence-corrected chi connectivity index (χ0v) is 16.5. The summed E-state index contributed by atoms with van der Waals surface area (Å²) in [7, 11) is 1.48. The number of anilines is 1. The summed E-state index contributed by atoms with van der Waals surface area (Å²) in [5, 5.41) is 11.1. The van der Waals surface area contributed by atoms with Crippen LogP contribution in [-0.2, 0) is 16.1 Å². The van der Waals surface area contributed by atoms with Gasteiger partial charge in [-0.25, -0.2) is 9.18 Å². The molecule has 158 valence electrons. The van der Waals surface area contributed by atoms with E-state index in [9.17, 15) is 24.1 Å². The minimum atomic E-state index is -0.812. The molecule has 1 aliphatic heterocycles. The number of amides is 1. The first-order valence-electron chi connectivity index (χ1n) is 9.54. The molecule has 0 unspecified atom stereocenters. The Balaban J connectivity index is 1.69. The number of carbonyl (C=O) groups excluding carboxylic acids is 2. The molecule has 2 aromatic rings. The van der Waals surface area contributed by atoms with Gasteiger partial charge >= 0.3 is 5.97 Å². The van der Waals surface area contributed by atoms with Gasteiger partial charge in [-0.2, -0.15) is 0 Å². The minimum Gasteiger partial charge on any atom is -0.452 e. The van der Waals surface area contributed by atoms with Crippen LogP contribution < -0.4 is 4.90 Å². The molecule has 0 radical (unpaired) electrons. The Bertz CT molecular complexity index is 959. The average Bonchev–Trinajstić information content (AvgIpc) is 3.27. The Morgan fingerprint density at radius 2 is 1.90 bits per heavy atom. The second-order valence-electron chi connectivity index (χ2n) is 7.07. The van der Waals surface area contributed by atoms with Gasteiger partial charge in [-0.3, -0.25) is 14.9 Å². The van der Waals surface area contributed by atoms with Gasteiger partial charge in [0.15, 0.2) is 6.61 Å². The van der Waals surface area contributed by atoms with Crippen molar-refractivity contribution in [2.75, 3.05) is 31.6 Å². The van der Waals surface area contributed by atoms with E-state index in [1.165, 1.54) is 36.2 Å². The van der Waals surface area contributed by atoms with Crippen LogP contribution in [0.5, 0.6) is 0 Å². The molecule has 0 atom stereocenters. The van der Waals surface area contributed by atoms with Crippen LogP contribution >= 0.6 is 0 Å². The third-order valence-electron chi connectivity index (χ3n) is 4.98. The Hall–Kier alpha value is -3.49. The van der Waals surface area contributed by atoms with Gasteiger partial charge in [0.1, 0.15) is 5.82 Å². The maximum atomic E-state index is 13.8. The quantitative estimate of drug-likeness (QED) is 0.392. The van der Waals surface area contributed by atoms with Crippen LogP contribution in [0.25, 0.3) is 0 Å². The SMILES string of the molecule is CN(Cc1ccccc1F)C(=O)COC(=O)c1cc([N+](=O)[O-])ccc1N1CCCC1. The molecule has 0 aliphatic carbocycles. The van der Waals surface area contributed by atoms with Crippen LogP contribution in [0, 0.1) is 15.9 Å². The summed E-state index contributed by atoms with van der Waals surface area (Å²) in [4.78, 5) is 38.7. The lowest BCUT2D eigenvalue weighted by Gasteiger charge is -2.21. The number of ether oxygens (including phenoxy) is 1. The van der Waals surface area contributed by atoms with Crippen molar-refractivity contribution in [1.29, 1.82) is 0 Å². The van der Waals surface area contributed by atoms with Crippen molar-refractivity contribution in [2.45, 2.75) is 19.4 Å². The maximum absolute atomic E-state index is 13.8. The maximum Gasteiger partial charge on any atom is 0.341 e. The van der Waals surface area contributed by atoms with Crippen LogP contribution in [0.4, 0.5) is 15.8 Å². The van der Waals surface area contributed by atoms with Crippen LogP contribution in [0.15, 0.2) is 42.5 Å². The second kappa shape index (κ2) is 9.34. The summed E-state index contributed by atoms with van der Waals surface area (Å²) >= 11 is 0. The molecule has 9 heteroatoms. The summed E-state index contributed by atoms with van der Waals surface area (Å²) in [5.41, 5.74) is 0.716. The molecule has 0 bridgehead atoms. The van der Waals surface area contributed by atoms with Crippen molar-refractivity contribution in [3.63, 3.8) is 0 Å².